The molecular weight excluding hydrogens is 306 g/mol. The second-order valence-corrected chi connectivity index (χ2v) is 7.40. The summed E-state index contributed by atoms with van der Waals surface area (Å²) in [5.74, 6) is 0.545. The van der Waals surface area contributed by atoms with E-state index in [0.29, 0.717) is 11.0 Å². The molecule has 0 aromatic heterocycles. The summed E-state index contributed by atoms with van der Waals surface area (Å²) in [7, 11) is 0. The SMILES string of the molecule is CC(C)c1ccc(NC(=S)NCC(C)(C)N2CCOCC2)cc1. The number of rotatable bonds is 5. The first-order valence-corrected chi connectivity index (χ1v) is 8.77. The summed E-state index contributed by atoms with van der Waals surface area (Å²) >= 11 is 5.42. The Kier molecular flexibility index (Phi) is 6.39. The minimum absolute atomic E-state index is 0.0526. The van der Waals surface area contributed by atoms with E-state index in [0.717, 1.165) is 38.5 Å². The molecule has 5 heteroatoms. The molecule has 1 aromatic rings. The number of ether oxygens (including phenoxy) is 1. The number of hydrogen-bond donors (Lipinski definition) is 2. The highest BCUT2D eigenvalue weighted by Crippen LogP contribution is 2.18. The monoisotopic (exact) mass is 335 g/mol. The zero-order valence-electron chi connectivity index (χ0n) is 14.7. The smallest absolute Gasteiger partial charge is 0.170 e. The van der Waals surface area contributed by atoms with Crippen LogP contribution in [0.5, 0.6) is 0 Å². The molecule has 4 nitrogen and oxygen atoms in total. The molecular formula is C18H29N3OS. The zero-order chi connectivity index (χ0) is 16.9. The molecule has 23 heavy (non-hydrogen) atoms. The van der Waals surface area contributed by atoms with E-state index >= 15 is 0 Å². The molecule has 128 valence electrons. The average molecular weight is 336 g/mol. The van der Waals surface area contributed by atoms with Crippen molar-refractivity contribution in [2.75, 3.05) is 38.2 Å². The van der Waals surface area contributed by atoms with E-state index in [9.17, 15) is 0 Å². The average Bonchev–Trinajstić information content (AvgIpc) is 2.54. The van der Waals surface area contributed by atoms with Crippen LogP contribution in [0.15, 0.2) is 24.3 Å². The van der Waals surface area contributed by atoms with Gasteiger partial charge in [0.1, 0.15) is 0 Å². The largest absolute Gasteiger partial charge is 0.379 e. The minimum atomic E-state index is 0.0526. The maximum absolute atomic E-state index is 5.43. The van der Waals surface area contributed by atoms with Crippen LogP contribution in [-0.2, 0) is 4.74 Å². The van der Waals surface area contributed by atoms with Gasteiger partial charge in [0, 0.05) is 30.9 Å². The number of nitrogens with one attached hydrogen (secondary N) is 2. The van der Waals surface area contributed by atoms with Gasteiger partial charge in [0.2, 0.25) is 0 Å². The van der Waals surface area contributed by atoms with Crippen LogP contribution < -0.4 is 10.6 Å². The van der Waals surface area contributed by atoms with Crippen LogP contribution in [0.2, 0.25) is 0 Å². The van der Waals surface area contributed by atoms with Crippen LogP contribution in [0.4, 0.5) is 5.69 Å². The van der Waals surface area contributed by atoms with E-state index in [1.54, 1.807) is 0 Å². The van der Waals surface area contributed by atoms with E-state index in [4.69, 9.17) is 17.0 Å². The molecule has 0 radical (unpaired) electrons. The van der Waals surface area contributed by atoms with E-state index in [1.807, 2.05) is 0 Å². The van der Waals surface area contributed by atoms with Crippen molar-refractivity contribution in [2.24, 2.45) is 0 Å². The normalized spacial score (nSPS) is 16.4. The molecule has 1 saturated heterocycles. The Balaban J connectivity index is 1.82. The molecule has 1 aromatic carbocycles. The molecule has 1 heterocycles. The lowest BCUT2D eigenvalue weighted by Gasteiger charge is -2.41. The van der Waals surface area contributed by atoms with Gasteiger partial charge < -0.3 is 15.4 Å². The molecule has 0 bridgehead atoms. The molecule has 0 unspecified atom stereocenters. The van der Waals surface area contributed by atoms with Crippen molar-refractivity contribution < 1.29 is 4.74 Å². The Bertz CT molecular complexity index is 508. The van der Waals surface area contributed by atoms with E-state index in [1.165, 1.54) is 5.56 Å². The van der Waals surface area contributed by atoms with Gasteiger partial charge in [-0.15, -0.1) is 0 Å². The lowest BCUT2D eigenvalue weighted by molar-refractivity contribution is -0.00823. The number of nitrogens with zero attached hydrogens (tertiary/aromatic N) is 1. The molecule has 0 spiro atoms. The van der Waals surface area contributed by atoms with Crippen LogP contribution in [-0.4, -0.2) is 48.4 Å². The van der Waals surface area contributed by atoms with Gasteiger partial charge in [0.15, 0.2) is 5.11 Å². The third kappa shape index (κ3) is 5.44. The van der Waals surface area contributed by atoms with Gasteiger partial charge in [-0.05, 0) is 49.7 Å². The minimum Gasteiger partial charge on any atom is -0.379 e. The van der Waals surface area contributed by atoms with Crippen LogP contribution in [0.1, 0.15) is 39.2 Å². The van der Waals surface area contributed by atoms with Crippen LogP contribution >= 0.6 is 12.2 Å². The predicted octanol–water partition coefficient (Wildman–Crippen LogP) is 3.21. The van der Waals surface area contributed by atoms with Gasteiger partial charge in [-0.3, -0.25) is 4.90 Å². The van der Waals surface area contributed by atoms with Crippen molar-refractivity contribution in [3.8, 4) is 0 Å². The predicted molar refractivity (Wildman–Crippen MR) is 101 cm³/mol. The Morgan fingerprint density at radius 1 is 1.22 bits per heavy atom. The number of anilines is 1. The third-order valence-electron chi connectivity index (χ3n) is 4.38. The molecule has 1 fully saturated rings. The van der Waals surface area contributed by atoms with Gasteiger partial charge in [0.05, 0.1) is 13.2 Å². The lowest BCUT2D eigenvalue weighted by Crippen LogP contribution is -2.55. The van der Waals surface area contributed by atoms with E-state index in [2.05, 4.69) is 67.5 Å². The highest BCUT2D eigenvalue weighted by atomic mass is 32.1. The fraction of sp³-hybridized carbons (Fsp3) is 0.611. The molecule has 2 rings (SSSR count). The summed E-state index contributed by atoms with van der Waals surface area (Å²) in [5.41, 5.74) is 2.41. The molecule has 2 N–H and O–H groups in total. The summed E-state index contributed by atoms with van der Waals surface area (Å²) in [6.45, 7) is 13.3. The van der Waals surface area contributed by atoms with Gasteiger partial charge in [-0.2, -0.15) is 0 Å². The highest BCUT2D eigenvalue weighted by Gasteiger charge is 2.28. The Morgan fingerprint density at radius 2 is 1.83 bits per heavy atom. The highest BCUT2D eigenvalue weighted by molar-refractivity contribution is 7.80. The summed E-state index contributed by atoms with van der Waals surface area (Å²) in [6.07, 6.45) is 0. The van der Waals surface area contributed by atoms with Crippen LogP contribution in [0.3, 0.4) is 0 Å². The van der Waals surface area contributed by atoms with Crippen molar-refractivity contribution in [3.05, 3.63) is 29.8 Å². The number of hydrogen-bond acceptors (Lipinski definition) is 3. The first-order chi connectivity index (χ1) is 10.9. The number of benzene rings is 1. The fourth-order valence-corrected chi connectivity index (χ4v) is 2.89. The third-order valence-corrected chi connectivity index (χ3v) is 4.63. The van der Waals surface area contributed by atoms with Gasteiger partial charge in [-0.1, -0.05) is 26.0 Å². The Labute approximate surface area is 145 Å². The summed E-state index contributed by atoms with van der Waals surface area (Å²) < 4.78 is 5.43. The molecule has 0 saturated carbocycles. The first-order valence-electron chi connectivity index (χ1n) is 8.36. The standard InChI is InChI=1S/C18H29N3OS/c1-14(2)15-5-7-16(8-6-15)20-17(23)19-13-18(3,4)21-9-11-22-12-10-21/h5-8,14H,9-13H2,1-4H3,(H2,19,20,23). The molecule has 0 aliphatic carbocycles. The summed E-state index contributed by atoms with van der Waals surface area (Å²) in [6, 6.07) is 8.45. The zero-order valence-corrected chi connectivity index (χ0v) is 15.5. The first kappa shape index (κ1) is 18.2. The second kappa shape index (κ2) is 8.08. The topological polar surface area (TPSA) is 36.5 Å². The molecule has 0 atom stereocenters. The van der Waals surface area contributed by atoms with Crippen molar-refractivity contribution in [1.82, 2.24) is 10.2 Å². The second-order valence-electron chi connectivity index (χ2n) is 7.00. The van der Waals surface area contributed by atoms with Crippen LogP contribution in [0.25, 0.3) is 0 Å². The van der Waals surface area contributed by atoms with Crippen molar-refractivity contribution in [1.29, 1.82) is 0 Å². The van der Waals surface area contributed by atoms with Crippen molar-refractivity contribution >= 4 is 23.0 Å². The quantitative estimate of drug-likeness (QED) is 0.808. The van der Waals surface area contributed by atoms with Crippen molar-refractivity contribution in [3.63, 3.8) is 0 Å². The van der Waals surface area contributed by atoms with Gasteiger partial charge >= 0.3 is 0 Å². The molecule has 0 amide bonds. The van der Waals surface area contributed by atoms with E-state index < -0.39 is 0 Å². The summed E-state index contributed by atoms with van der Waals surface area (Å²) in [5, 5.41) is 7.27. The number of thiocarbonyl (C=S) groups is 1. The van der Waals surface area contributed by atoms with Crippen molar-refractivity contribution in [2.45, 2.75) is 39.2 Å². The Morgan fingerprint density at radius 3 is 2.39 bits per heavy atom. The van der Waals surface area contributed by atoms with E-state index in [-0.39, 0.29) is 5.54 Å². The van der Waals surface area contributed by atoms with Gasteiger partial charge in [0.25, 0.3) is 0 Å². The Hall–Kier alpha value is -1.17. The fourth-order valence-electron chi connectivity index (χ4n) is 2.70. The molecule has 1 aliphatic heterocycles. The maximum Gasteiger partial charge on any atom is 0.170 e. The van der Waals surface area contributed by atoms with Gasteiger partial charge in [-0.25, -0.2) is 0 Å². The lowest BCUT2D eigenvalue weighted by atomic mass is 10.0. The maximum atomic E-state index is 5.43. The molecule has 1 aliphatic rings. The van der Waals surface area contributed by atoms with Crippen LogP contribution in [0, 0.1) is 0 Å². The number of morpholine rings is 1. The summed E-state index contributed by atoms with van der Waals surface area (Å²) in [4.78, 5) is 2.45.